The van der Waals surface area contributed by atoms with Crippen LogP contribution in [0.1, 0.15) is 31.2 Å². The molecule has 7 heteroatoms. The predicted octanol–water partition coefficient (Wildman–Crippen LogP) is 2.25. The summed E-state index contributed by atoms with van der Waals surface area (Å²) in [6.45, 7) is 3.75. The van der Waals surface area contributed by atoms with Crippen molar-refractivity contribution in [2.75, 3.05) is 32.8 Å². The highest BCUT2D eigenvalue weighted by molar-refractivity contribution is 5.85. The van der Waals surface area contributed by atoms with E-state index >= 15 is 0 Å². The van der Waals surface area contributed by atoms with E-state index in [9.17, 15) is 4.79 Å². The average molecular weight is 405 g/mol. The molecule has 1 aromatic carbocycles. The van der Waals surface area contributed by atoms with Crippen LogP contribution >= 0.6 is 12.4 Å². The number of carbonyl (C=O) groups is 1. The van der Waals surface area contributed by atoms with Crippen LogP contribution in [0.3, 0.4) is 0 Å². The van der Waals surface area contributed by atoms with Crippen molar-refractivity contribution in [2.45, 2.75) is 36.6 Å². The van der Waals surface area contributed by atoms with Crippen molar-refractivity contribution in [2.24, 2.45) is 0 Å². The number of ether oxygens (including phenoxy) is 1. The Morgan fingerprint density at radius 3 is 2.46 bits per heavy atom. The SMILES string of the molecule is Cl.O=C(NCC1(c2ccccc2)CCOCC1)C1(n2cccn2)CCNCC1. The number of amides is 1. The normalized spacial score (nSPS) is 20.7. The highest BCUT2D eigenvalue weighted by Crippen LogP contribution is 2.35. The number of benzene rings is 1. The van der Waals surface area contributed by atoms with Gasteiger partial charge in [-0.1, -0.05) is 30.3 Å². The standard InChI is InChI=1S/C21H28N4O2.ClH/c26-19(21(7-12-22-13-8-21)25-14-4-11-24-25)23-17-20(9-15-27-16-10-20)18-5-2-1-3-6-18;/h1-6,11,14,22H,7-10,12-13,15-17H2,(H,23,26);1H. The first-order valence-electron chi connectivity index (χ1n) is 9.88. The Kier molecular flexibility index (Phi) is 6.75. The number of hydrogen-bond acceptors (Lipinski definition) is 4. The molecule has 0 radical (unpaired) electrons. The zero-order chi connectivity index (χ0) is 18.6. The third kappa shape index (κ3) is 3.95. The number of carbonyl (C=O) groups excluding carboxylic acids is 1. The van der Waals surface area contributed by atoms with E-state index in [-0.39, 0.29) is 23.7 Å². The van der Waals surface area contributed by atoms with Crippen LogP contribution in [0, 0.1) is 0 Å². The minimum atomic E-state index is -0.599. The molecule has 1 aromatic heterocycles. The van der Waals surface area contributed by atoms with Gasteiger partial charge in [0.05, 0.1) is 0 Å². The van der Waals surface area contributed by atoms with Crippen LogP contribution in [0.15, 0.2) is 48.8 Å². The van der Waals surface area contributed by atoms with Crippen LogP contribution in [-0.2, 0) is 20.5 Å². The van der Waals surface area contributed by atoms with E-state index in [0.717, 1.165) is 52.0 Å². The maximum atomic E-state index is 13.4. The van der Waals surface area contributed by atoms with E-state index in [4.69, 9.17) is 4.74 Å². The summed E-state index contributed by atoms with van der Waals surface area (Å²) in [7, 11) is 0. The number of piperidine rings is 1. The number of nitrogens with zero attached hydrogens (tertiary/aromatic N) is 2. The molecular weight excluding hydrogens is 376 g/mol. The van der Waals surface area contributed by atoms with E-state index in [2.05, 4.69) is 40.0 Å². The molecule has 2 N–H and O–H groups in total. The lowest BCUT2D eigenvalue weighted by atomic mass is 9.74. The van der Waals surface area contributed by atoms with Crippen molar-refractivity contribution in [3.63, 3.8) is 0 Å². The zero-order valence-electron chi connectivity index (χ0n) is 16.1. The minimum Gasteiger partial charge on any atom is -0.381 e. The van der Waals surface area contributed by atoms with Gasteiger partial charge in [0, 0.05) is 37.6 Å². The summed E-state index contributed by atoms with van der Waals surface area (Å²) in [5.41, 5.74) is 0.623. The van der Waals surface area contributed by atoms with Gasteiger partial charge in [0.25, 0.3) is 0 Å². The molecule has 0 atom stereocenters. The van der Waals surface area contributed by atoms with E-state index in [0.29, 0.717) is 6.54 Å². The molecule has 2 aliphatic rings. The van der Waals surface area contributed by atoms with Crippen LogP contribution in [0.25, 0.3) is 0 Å². The van der Waals surface area contributed by atoms with E-state index in [1.807, 2.05) is 23.0 Å². The maximum Gasteiger partial charge on any atom is 0.248 e. The largest absolute Gasteiger partial charge is 0.381 e. The van der Waals surface area contributed by atoms with E-state index in [1.54, 1.807) is 6.20 Å². The molecule has 2 aliphatic heterocycles. The number of halogens is 1. The van der Waals surface area contributed by atoms with Crippen LogP contribution in [0.5, 0.6) is 0 Å². The van der Waals surface area contributed by atoms with Crippen molar-refractivity contribution < 1.29 is 9.53 Å². The molecule has 28 heavy (non-hydrogen) atoms. The molecule has 0 spiro atoms. The molecule has 0 aliphatic carbocycles. The number of aromatic nitrogens is 2. The van der Waals surface area contributed by atoms with E-state index < -0.39 is 5.54 Å². The first-order chi connectivity index (χ1) is 13.3. The summed E-state index contributed by atoms with van der Waals surface area (Å²) in [6, 6.07) is 12.4. The molecule has 2 aromatic rings. The molecule has 3 heterocycles. The predicted molar refractivity (Wildman–Crippen MR) is 111 cm³/mol. The van der Waals surface area contributed by atoms with Crippen molar-refractivity contribution in [1.82, 2.24) is 20.4 Å². The molecular formula is C21H29ClN4O2. The van der Waals surface area contributed by atoms with Gasteiger partial charge in [-0.3, -0.25) is 9.48 Å². The van der Waals surface area contributed by atoms with Crippen LogP contribution in [0.2, 0.25) is 0 Å². The molecule has 2 saturated heterocycles. The average Bonchev–Trinajstić information content (AvgIpc) is 3.29. The van der Waals surface area contributed by atoms with Crippen molar-refractivity contribution in [1.29, 1.82) is 0 Å². The second-order valence-corrected chi connectivity index (χ2v) is 7.67. The second-order valence-electron chi connectivity index (χ2n) is 7.67. The zero-order valence-corrected chi connectivity index (χ0v) is 16.9. The van der Waals surface area contributed by atoms with Gasteiger partial charge in [0.2, 0.25) is 5.91 Å². The summed E-state index contributed by atoms with van der Waals surface area (Å²) >= 11 is 0. The van der Waals surface area contributed by atoms with Crippen molar-refractivity contribution >= 4 is 18.3 Å². The smallest absolute Gasteiger partial charge is 0.248 e. The Morgan fingerprint density at radius 2 is 1.82 bits per heavy atom. The van der Waals surface area contributed by atoms with E-state index in [1.165, 1.54) is 5.56 Å². The molecule has 152 valence electrons. The van der Waals surface area contributed by atoms with Crippen molar-refractivity contribution in [3.8, 4) is 0 Å². The third-order valence-electron chi connectivity index (χ3n) is 6.22. The molecule has 6 nitrogen and oxygen atoms in total. The summed E-state index contributed by atoms with van der Waals surface area (Å²) in [5, 5.41) is 11.1. The Morgan fingerprint density at radius 1 is 1.11 bits per heavy atom. The lowest BCUT2D eigenvalue weighted by Gasteiger charge is -2.41. The number of rotatable bonds is 5. The molecule has 1 amide bonds. The number of hydrogen-bond donors (Lipinski definition) is 2. The third-order valence-corrected chi connectivity index (χ3v) is 6.22. The molecule has 2 fully saturated rings. The van der Waals surface area contributed by atoms with Crippen LogP contribution in [0.4, 0.5) is 0 Å². The van der Waals surface area contributed by atoms with Gasteiger partial charge in [-0.05, 0) is 50.4 Å². The van der Waals surface area contributed by atoms with Crippen LogP contribution < -0.4 is 10.6 Å². The summed E-state index contributed by atoms with van der Waals surface area (Å²) in [6.07, 6.45) is 7.01. The topological polar surface area (TPSA) is 68.2 Å². The fraction of sp³-hybridized carbons (Fsp3) is 0.524. The molecule has 0 saturated carbocycles. The Hall–Kier alpha value is -1.89. The molecule has 0 bridgehead atoms. The fourth-order valence-corrected chi connectivity index (χ4v) is 4.46. The second kappa shape index (κ2) is 9.07. The summed E-state index contributed by atoms with van der Waals surface area (Å²) in [5.74, 6) is 0.0782. The maximum absolute atomic E-state index is 13.4. The van der Waals surface area contributed by atoms with Gasteiger partial charge in [0.1, 0.15) is 5.54 Å². The summed E-state index contributed by atoms with van der Waals surface area (Å²) < 4.78 is 7.46. The monoisotopic (exact) mass is 404 g/mol. The molecule has 0 unspecified atom stereocenters. The van der Waals surface area contributed by atoms with Gasteiger partial charge in [-0.2, -0.15) is 5.10 Å². The van der Waals surface area contributed by atoms with Gasteiger partial charge in [0.15, 0.2) is 0 Å². The fourth-order valence-electron chi connectivity index (χ4n) is 4.46. The lowest BCUT2D eigenvalue weighted by molar-refractivity contribution is -0.132. The molecule has 4 rings (SSSR count). The van der Waals surface area contributed by atoms with Gasteiger partial charge in [-0.15, -0.1) is 12.4 Å². The Balaban J connectivity index is 0.00000225. The first-order valence-corrected chi connectivity index (χ1v) is 9.88. The van der Waals surface area contributed by atoms with Crippen LogP contribution in [-0.4, -0.2) is 48.5 Å². The Bertz CT molecular complexity index is 739. The van der Waals surface area contributed by atoms with Crippen molar-refractivity contribution in [3.05, 3.63) is 54.4 Å². The van der Waals surface area contributed by atoms with Gasteiger partial charge >= 0.3 is 0 Å². The number of nitrogens with one attached hydrogen (secondary N) is 2. The highest BCUT2D eigenvalue weighted by atomic mass is 35.5. The minimum absolute atomic E-state index is 0. The van der Waals surface area contributed by atoms with Gasteiger partial charge in [-0.25, -0.2) is 0 Å². The first kappa shape index (κ1) is 20.8. The quantitative estimate of drug-likeness (QED) is 0.802. The summed E-state index contributed by atoms with van der Waals surface area (Å²) in [4.78, 5) is 13.4. The van der Waals surface area contributed by atoms with Gasteiger partial charge < -0.3 is 15.4 Å². The Labute approximate surface area is 172 Å². The highest BCUT2D eigenvalue weighted by Gasteiger charge is 2.43. The lowest BCUT2D eigenvalue weighted by Crippen LogP contribution is -2.56.